The third-order valence-corrected chi connectivity index (χ3v) is 4.10. The maximum atomic E-state index is 12.2. The molecule has 0 saturated heterocycles. The number of hydrogen-bond acceptors (Lipinski definition) is 3. The minimum atomic E-state index is -0.264. The number of aromatic nitrogens is 2. The largest absolute Gasteiger partial charge is 0.329 e. The molecule has 2 rings (SSSR count). The van der Waals surface area contributed by atoms with Gasteiger partial charge in [0.1, 0.15) is 5.78 Å². The van der Waals surface area contributed by atoms with Gasteiger partial charge in [-0.25, -0.2) is 0 Å². The molecule has 5 heteroatoms. The van der Waals surface area contributed by atoms with Crippen molar-refractivity contribution in [3.05, 3.63) is 16.4 Å². The molecule has 94 valence electrons. The lowest BCUT2D eigenvalue weighted by Gasteiger charge is -2.10. The van der Waals surface area contributed by atoms with Gasteiger partial charge in [0.25, 0.3) is 0 Å². The van der Waals surface area contributed by atoms with Gasteiger partial charge in [-0.15, -0.1) is 0 Å². The molecule has 1 aromatic heterocycles. The molecule has 1 aromatic rings. The molecule has 2 N–H and O–H groups in total. The van der Waals surface area contributed by atoms with Crippen LogP contribution in [0.3, 0.4) is 0 Å². The van der Waals surface area contributed by atoms with Crippen LogP contribution >= 0.6 is 11.6 Å². The molecule has 0 unspecified atom stereocenters. The second-order valence-electron chi connectivity index (χ2n) is 4.77. The Kier molecular flexibility index (Phi) is 3.27. The van der Waals surface area contributed by atoms with Gasteiger partial charge in [0, 0.05) is 19.0 Å². The summed E-state index contributed by atoms with van der Waals surface area (Å²) < 4.78 is 1.71. The standard InChI is InChI=1S/C12H18ClN3O/c1-3-8-11(13)9(16(2)15-8)6-10(17)12(7-14)4-5-12/h3-7,14H2,1-2H3. The van der Waals surface area contributed by atoms with Gasteiger partial charge in [-0.05, 0) is 19.3 Å². The van der Waals surface area contributed by atoms with E-state index in [0.717, 1.165) is 30.7 Å². The van der Waals surface area contributed by atoms with Gasteiger partial charge in [-0.1, -0.05) is 18.5 Å². The summed E-state index contributed by atoms with van der Waals surface area (Å²) >= 11 is 6.22. The van der Waals surface area contributed by atoms with Crippen LogP contribution in [0, 0.1) is 5.41 Å². The number of rotatable bonds is 5. The lowest BCUT2D eigenvalue weighted by Crippen LogP contribution is -2.27. The summed E-state index contributed by atoms with van der Waals surface area (Å²) in [7, 11) is 1.83. The minimum Gasteiger partial charge on any atom is -0.329 e. The first-order chi connectivity index (χ1) is 8.04. The summed E-state index contributed by atoms with van der Waals surface area (Å²) in [5.74, 6) is 0.201. The van der Waals surface area contributed by atoms with Gasteiger partial charge in [0.05, 0.1) is 22.8 Å². The molecule has 0 aliphatic heterocycles. The third kappa shape index (κ3) is 2.11. The molecule has 0 aromatic carbocycles. The Morgan fingerprint density at radius 3 is 2.65 bits per heavy atom. The number of halogens is 1. The van der Waals surface area contributed by atoms with Crippen molar-refractivity contribution in [3.63, 3.8) is 0 Å². The van der Waals surface area contributed by atoms with Crippen molar-refractivity contribution < 1.29 is 4.79 Å². The van der Waals surface area contributed by atoms with E-state index in [4.69, 9.17) is 17.3 Å². The number of ketones is 1. The van der Waals surface area contributed by atoms with Crippen LogP contribution in [0.1, 0.15) is 31.2 Å². The Labute approximate surface area is 106 Å². The van der Waals surface area contributed by atoms with E-state index in [1.54, 1.807) is 4.68 Å². The summed E-state index contributed by atoms with van der Waals surface area (Å²) in [6.45, 7) is 2.45. The quantitative estimate of drug-likeness (QED) is 0.867. The molecule has 0 bridgehead atoms. The van der Waals surface area contributed by atoms with Gasteiger partial charge in [-0.3, -0.25) is 9.48 Å². The highest BCUT2D eigenvalue weighted by Crippen LogP contribution is 2.46. The highest BCUT2D eigenvalue weighted by Gasteiger charge is 2.48. The van der Waals surface area contributed by atoms with Crippen LogP contribution in [0.15, 0.2) is 0 Å². The highest BCUT2D eigenvalue weighted by molar-refractivity contribution is 6.32. The Balaban J connectivity index is 2.19. The monoisotopic (exact) mass is 255 g/mol. The molecule has 1 aliphatic rings. The van der Waals surface area contributed by atoms with Crippen molar-refractivity contribution in [1.29, 1.82) is 0 Å². The van der Waals surface area contributed by atoms with E-state index in [-0.39, 0.29) is 11.2 Å². The first-order valence-electron chi connectivity index (χ1n) is 5.97. The molecular weight excluding hydrogens is 238 g/mol. The Hall–Kier alpha value is -0.870. The number of nitrogens with zero attached hydrogens (tertiary/aromatic N) is 2. The first-order valence-corrected chi connectivity index (χ1v) is 6.35. The molecule has 0 radical (unpaired) electrons. The molecule has 17 heavy (non-hydrogen) atoms. The molecule has 1 heterocycles. The molecule has 0 spiro atoms. The fourth-order valence-electron chi connectivity index (χ4n) is 2.10. The maximum Gasteiger partial charge on any atom is 0.146 e. The van der Waals surface area contributed by atoms with Crippen LogP contribution in [0.2, 0.25) is 5.02 Å². The number of nitrogens with two attached hydrogens (primary N) is 1. The highest BCUT2D eigenvalue weighted by atomic mass is 35.5. The third-order valence-electron chi connectivity index (χ3n) is 3.67. The normalized spacial score (nSPS) is 17.2. The SMILES string of the molecule is CCc1nn(C)c(CC(=O)C2(CN)CC2)c1Cl. The number of Topliss-reactive ketones (excluding diaryl/α,β-unsaturated/α-hetero) is 1. The number of carbonyl (C=O) groups excluding carboxylic acids is 1. The molecule has 1 fully saturated rings. The average molecular weight is 256 g/mol. The topological polar surface area (TPSA) is 60.9 Å². The molecular formula is C12H18ClN3O. The summed E-state index contributed by atoms with van der Waals surface area (Å²) in [4.78, 5) is 12.2. The second-order valence-corrected chi connectivity index (χ2v) is 5.15. The zero-order valence-electron chi connectivity index (χ0n) is 10.3. The predicted molar refractivity (Wildman–Crippen MR) is 67.0 cm³/mol. The van der Waals surface area contributed by atoms with Gasteiger partial charge >= 0.3 is 0 Å². The van der Waals surface area contributed by atoms with Crippen LogP contribution < -0.4 is 5.73 Å². The summed E-state index contributed by atoms with van der Waals surface area (Å²) in [5, 5.41) is 4.95. The zero-order chi connectivity index (χ0) is 12.6. The first kappa shape index (κ1) is 12.6. The van der Waals surface area contributed by atoms with E-state index in [1.165, 1.54) is 0 Å². The Morgan fingerprint density at radius 2 is 2.24 bits per heavy atom. The average Bonchev–Trinajstić information content (AvgIpc) is 3.07. The fraction of sp³-hybridized carbons (Fsp3) is 0.667. The summed E-state index contributed by atoms with van der Waals surface area (Å²) in [6, 6.07) is 0. The van der Waals surface area contributed by atoms with Gasteiger partial charge < -0.3 is 5.73 Å². The van der Waals surface area contributed by atoms with E-state index < -0.39 is 0 Å². The van der Waals surface area contributed by atoms with E-state index in [0.29, 0.717) is 18.0 Å². The number of carbonyl (C=O) groups is 1. The minimum absolute atomic E-state index is 0.201. The molecule has 4 nitrogen and oxygen atoms in total. The van der Waals surface area contributed by atoms with Crippen LogP contribution in [-0.2, 0) is 24.7 Å². The van der Waals surface area contributed by atoms with Crippen molar-refractivity contribution in [1.82, 2.24) is 9.78 Å². The van der Waals surface area contributed by atoms with Crippen molar-refractivity contribution in [2.45, 2.75) is 32.6 Å². The molecule has 0 amide bonds. The van der Waals surface area contributed by atoms with E-state index in [1.807, 2.05) is 14.0 Å². The smallest absolute Gasteiger partial charge is 0.146 e. The van der Waals surface area contributed by atoms with Gasteiger partial charge in [-0.2, -0.15) is 5.10 Å². The molecule has 0 atom stereocenters. The van der Waals surface area contributed by atoms with E-state index in [2.05, 4.69) is 5.10 Å². The van der Waals surface area contributed by atoms with Crippen molar-refractivity contribution in [3.8, 4) is 0 Å². The molecule has 1 aliphatic carbocycles. The number of aryl methyl sites for hydroxylation is 2. The van der Waals surface area contributed by atoms with Crippen LogP contribution in [0.25, 0.3) is 0 Å². The van der Waals surface area contributed by atoms with Gasteiger partial charge in [0.15, 0.2) is 0 Å². The lowest BCUT2D eigenvalue weighted by molar-refractivity contribution is -0.123. The summed E-state index contributed by atoms with van der Waals surface area (Å²) in [5.41, 5.74) is 7.06. The second kappa shape index (κ2) is 4.42. The molecule has 1 saturated carbocycles. The Bertz CT molecular complexity index is 449. The van der Waals surface area contributed by atoms with Crippen LogP contribution in [0.5, 0.6) is 0 Å². The van der Waals surface area contributed by atoms with Gasteiger partial charge in [0.2, 0.25) is 0 Å². The zero-order valence-corrected chi connectivity index (χ0v) is 11.0. The van der Waals surface area contributed by atoms with E-state index >= 15 is 0 Å². The number of hydrogen-bond donors (Lipinski definition) is 1. The van der Waals surface area contributed by atoms with Crippen molar-refractivity contribution >= 4 is 17.4 Å². The van der Waals surface area contributed by atoms with Crippen LogP contribution in [0.4, 0.5) is 0 Å². The fourth-order valence-corrected chi connectivity index (χ4v) is 2.46. The Morgan fingerprint density at radius 1 is 1.59 bits per heavy atom. The van der Waals surface area contributed by atoms with Crippen molar-refractivity contribution in [2.75, 3.05) is 6.54 Å². The van der Waals surface area contributed by atoms with Crippen LogP contribution in [-0.4, -0.2) is 22.1 Å². The lowest BCUT2D eigenvalue weighted by atomic mass is 9.97. The van der Waals surface area contributed by atoms with E-state index in [9.17, 15) is 4.79 Å². The summed E-state index contributed by atoms with van der Waals surface area (Å²) in [6.07, 6.45) is 2.96. The van der Waals surface area contributed by atoms with Crippen molar-refractivity contribution in [2.24, 2.45) is 18.2 Å². The maximum absolute atomic E-state index is 12.2. The predicted octanol–water partition coefficient (Wildman–Crippen LogP) is 1.49.